The van der Waals surface area contributed by atoms with Crippen LogP contribution >= 0.6 is 11.5 Å². The zero-order chi connectivity index (χ0) is 41.5. The number of aromatic nitrogens is 3. The van der Waals surface area contributed by atoms with Crippen LogP contribution in [0.5, 0.6) is 11.5 Å². The Bertz CT molecular complexity index is 2290. The van der Waals surface area contributed by atoms with Crippen molar-refractivity contribution in [2.45, 2.75) is 17.6 Å². The molecule has 15 nitrogen and oxygen atoms in total. The quantitative estimate of drug-likeness (QED) is 0.0723. The third-order valence-electron chi connectivity index (χ3n) is 8.12. The summed E-state index contributed by atoms with van der Waals surface area (Å²) in [5, 5.41) is 20.0. The Morgan fingerprint density at radius 1 is 0.879 bits per heavy atom. The lowest BCUT2D eigenvalue weighted by Crippen LogP contribution is -2.32. The fourth-order valence-electron chi connectivity index (χ4n) is 5.29. The lowest BCUT2D eigenvalue weighted by atomic mass is 9.97. The summed E-state index contributed by atoms with van der Waals surface area (Å²) in [6, 6.07) is 18.2. The van der Waals surface area contributed by atoms with E-state index >= 15 is 0 Å². The fraction of sp³-hybridized carbons (Fsp3) is 0.289. The summed E-state index contributed by atoms with van der Waals surface area (Å²) in [5.41, 5.74) is 0.808. The van der Waals surface area contributed by atoms with Crippen LogP contribution in [0.1, 0.15) is 16.8 Å². The molecule has 0 aliphatic carbocycles. The Labute approximate surface area is 335 Å². The predicted molar refractivity (Wildman–Crippen MR) is 205 cm³/mol. The Kier molecular flexibility index (Phi) is 15.5. The van der Waals surface area contributed by atoms with E-state index in [1.807, 2.05) is 6.07 Å². The minimum absolute atomic E-state index is 0.0136. The molecule has 2 heterocycles. The highest BCUT2D eigenvalue weighted by Gasteiger charge is 2.30. The van der Waals surface area contributed by atoms with Crippen LogP contribution in [-0.4, -0.2) is 98.8 Å². The van der Waals surface area contributed by atoms with Gasteiger partial charge in [-0.1, -0.05) is 18.2 Å². The number of pyridine rings is 1. The number of hydrogen-bond donors (Lipinski definition) is 2. The molecule has 0 saturated carbocycles. The number of amides is 1. The summed E-state index contributed by atoms with van der Waals surface area (Å²) in [4.78, 5) is 21.2. The summed E-state index contributed by atoms with van der Waals surface area (Å²) in [6.45, 7) is 2.19. The van der Waals surface area contributed by atoms with Crippen LogP contribution in [0.3, 0.4) is 0 Å². The Morgan fingerprint density at radius 2 is 1.59 bits per heavy atom. The molecule has 5 rings (SSSR count). The average Bonchev–Trinajstić information content (AvgIpc) is 3.72. The number of sulfonamides is 1. The molecular formula is C38H37F3N6O9S2. The number of carboxylic acid groups (broad SMARTS) is 1. The van der Waals surface area contributed by atoms with Gasteiger partial charge in [-0.25, -0.2) is 18.2 Å². The van der Waals surface area contributed by atoms with E-state index in [4.69, 9.17) is 23.7 Å². The number of hydrogen-bond acceptors (Lipinski definition) is 13. The number of ether oxygens (including phenoxy) is 5. The molecule has 0 atom stereocenters. The van der Waals surface area contributed by atoms with Gasteiger partial charge < -0.3 is 33.7 Å². The highest BCUT2D eigenvalue weighted by Crippen LogP contribution is 2.39. The molecule has 0 spiro atoms. The normalized spacial score (nSPS) is 11.6. The van der Waals surface area contributed by atoms with E-state index in [1.54, 1.807) is 31.4 Å². The standard InChI is InChI=1S/C38H37F3N6O9S2/c1-52-13-14-54-17-18-55-16-15-53-12-11-47(37(48)49)24-31-20-28(9-10-43-31)33-22-27(26-3-2-4-30(19-26)38(39,40)41)5-7-35(33)56-34-8-6-32(21-29(34)23-42)58(50,51)46-36-44-25-45-57-36/h2-10,19-22,25H,11-18,24H2,1H3,(H,48,49)(H,44,45,46). The van der Waals surface area contributed by atoms with Crippen LogP contribution in [0, 0.1) is 11.3 Å². The smallest absolute Gasteiger partial charge is 0.416 e. The number of nitriles is 1. The zero-order valence-corrected chi connectivity index (χ0v) is 32.5. The van der Waals surface area contributed by atoms with Gasteiger partial charge in [0.25, 0.3) is 10.0 Å². The molecule has 5 aromatic rings. The minimum Gasteiger partial charge on any atom is -0.465 e. The molecule has 0 saturated heterocycles. The van der Waals surface area contributed by atoms with Crippen molar-refractivity contribution in [1.29, 1.82) is 5.26 Å². The van der Waals surface area contributed by atoms with E-state index in [0.717, 1.165) is 34.6 Å². The van der Waals surface area contributed by atoms with Gasteiger partial charge >= 0.3 is 12.3 Å². The molecular weight excluding hydrogens is 806 g/mol. The molecule has 0 aliphatic heterocycles. The molecule has 3 aromatic carbocycles. The molecule has 2 aromatic heterocycles. The number of anilines is 1. The first-order chi connectivity index (χ1) is 27.9. The molecule has 1 amide bonds. The van der Waals surface area contributed by atoms with Crippen LogP contribution in [0.25, 0.3) is 22.3 Å². The second kappa shape index (κ2) is 20.6. The van der Waals surface area contributed by atoms with Crippen LogP contribution in [-0.2, 0) is 41.7 Å². The van der Waals surface area contributed by atoms with Gasteiger partial charge in [0.2, 0.25) is 5.13 Å². The van der Waals surface area contributed by atoms with Gasteiger partial charge in [0.1, 0.15) is 23.9 Å². The van der Waals surface area contributed by atoms with E-state index in [-0.39, 0.29) is 65.6 Å². The van der Waals surface area contributed by atoms with Gasteiger partial charge in [0, 0.05) is 36.9 Å². The number of nitrogens with zero attached hydrogens (tertiary/aromatic N) is 5. The minimum atomic E-state index is -4.59. The molecule has 0 aliphatic rings. The van der Waals surface area contributed by atoms with Gasteiger partial charge in [-0.2, -0.15) is 22.8 Å². The topological polar surface area (TPSA) is 195 Å². The lowest BCUT2D eigenvalue weighted by Gasteiger charge is -2.20. The zero-order valence-electron chi connectivity index (χ0n) is 30.8. The van der Waals surface area contributed by atoms with E-state index < -0.39 is 27.9 Å². The largest absolute Gasteiger partial charge is 0.465 e. The van der Waals surface area contributed by atoms with Crippen molar-refractivity contribution in [2.75, 3.05) is 64.6 Å². The monoisotopic (exact) mass is 842 g/mol. The number of nitrogens with one attached hydrogen (secondary N) is 1. The predicted octanol–water partition coefficient (Wildman–Crippen LogP) is 6.93. The molecule has 0 radical (unpaired) electrons. The molecule has 58 heavy (non-hydrogen) atoms. The van der Waals surface area contributed by atoms with E-state index in [1.165, 1.54) is 42.9 Å². The Balaban J connectivity index is 1.38. The summed E-state index contributed by atoms with van der Waals surface area (Å²) in [6.07, 6.45) is -3.17. The maximum absolute atomic E-state index is 13.6. The molecule has 0 fully saturated rings. The SMILES string of the molecule is COCCOCCOCCOCCN(Cc1cc(-c2cc(-c3cccc(C(F)(F)F)c3)ccc2Oc2ccc(S(=O)(=O)Nc3ncns3)cc2C#N)ccn1)C(=O)O. The fourth-order valence-corrected chi connectivity index (χ4v) is 6.98. The number of alkyl halides is 3. The Morgan fingerprint density at radius 3 is 2.26 bits per heavy atom. The van der Waals surface area contributed by atoms with E-state index in [0.29, 0.717) is 48.8 Å². The molecule has 20 heteroatoms. The van der Waals surface area contributed by atoms with E-state index in [9.17, 15) is 36.8 Å². The van der Waals surface area contributed by atoms with Crippen LogP contribution in [0.2, 0.25) is 0 Å². The number of methoxy groups -OCH3 is 1. The first kappa shape index (κ1) is 43.4. The average molecular weight is 843 g/mol. The Hall–Kier alpha value is -5.69. The van der Waals surface area contributed by atoms with Crippen LogP contribution in [0.4, 0.5) is 23.1 Å². The number of carbonyl (C=O) groups is 1. The maximum atomic E-state index is 13.6. The van der Waals surface area contributed by atoms with Crippen molar-refractivity contribution in [3.63, 3.8) is 0 Å². The van der Waals surface area contributed by atoms with Crippen molar-refractivity contribution in [3.8, 4) is 39.8 Å². The molecule has 2 N–H and O–H groups in total. The van der Waals surface area contributed by atoms with Crippen molar-refractivity contribution in [1.82, 2.24) is 19.2 Å². The van der Waals surface area contributed by atoms with Crippen molar-refractivity contribution in [3.05, 3.63) is 102 Å². The van der Waals surface area contributed by atoms with Gasteiger partial charge in [0.15, 0.2) is 0 Å². The third kappa shape index (κ3) is 12.4. The van der Waals surface area contributed by atoms with Gasteiger partial charge in [-0.3, -0.25) is 9.71 Å². The third-order valence-corrected chi connectivity index (χ3v) is 10.2. The highest BCUT2D eigenvalue weighted by molar-refractivity contribution is 7.93. The van der Waals surface area contributed by atoms with Gasteiger partial charge in [0.05, 0.1) is 74.5 Å². The lowest BCUT2D eigenvalue weighted by molar-refractivity contribution is -0.137. The molecule has 0 unspecified atom stereocenters. The van der Waals surface area contributed by atoms with Crippen LogP contribution < -0.4 is 9.46 Å². The first-order valence-corrected chi connectivity index (χ1v) is 19.6. The van der Waals surface area contributed by atoms with Gasteiger partial charge in [-0.05, 0) is 71.3 Å². The molecule has 306 valence electrons. The first-order valence-electron chi connectivity index (χ1n) is 17.4. The number of benzene rings is 3. The second-order valence-electron chi connectivity index (χ2n) is 12.1. The number of rotatable bonds is 21. The second-order valence-corrected chi connectivity index (χ2v) is 14.5. The summed E-state index contributed by atoms with van der Waals surface area (Å²) < 4.78 is 100. The van der Waals surface area contributed by atoms with Crippen LogP contribution in [0.15, 0.2) is 90.2 Å². The van der Waals surface area contributed by atoms with Crippen molar-refractivity contribution < 1.29 is 55.2 Å². The van der Waals surface area contributed by atoms with Crippen molar-refractivity contribution in [2.24, 2.45) is 0 Å². The molecule has 0 bridgehead atoms. The summed E-state index contributed by atoms with van der Waals surface area (Å²) in [7, 11) is -2.57. The van der Waals surface area contributed by atoms with Gasteiger partial charge in [-0.15, -0.1) is 0 Å². The summed E-state index contributed by atoms with van der Waals surface area (Å²) >= 11 is 0.826. The van der Waals surface area contributed by atoms with Crippen molar-refractivity contribution >= 4 is 32.8 Å². The highest BCUT2D eigenvalue weighted by atomic mass is 32.2. The summed E-state index contributed by atoms with van der Waals surface area (Å²) in [5.74, 6) is 0.136. The van der Waals surface area contributed by atoms with E-state index in [2.05, 4.69) is 19.1 Å². The maximum Gasteiger partial charge on any atom is 0.416 e. The number of halogens is 3.